The van der Waals surface area contributed by atoms with Gasteiger partial charge in [0.2, 0.25) is 0 Å². The Morgan fingerprint density at radius 3 is 2.86 bits per heavy atom. The van der Waals surface area contributed by atoms with E-state index in [0.29, 0.717) is 28.5 Å². The van der Waals surface area contributed by atoms with Crippen LogP contribution in [0.1, 0.15) is 23.9 Å². The molecule has 0 bridgehead atoms. The summed E-state index contributed by atoms with van der Waals surface area (Å²) in [6.45, 7) is 2.09. The highest BCUT2D eigenvalue weighted by atomic mass is 35.5. The summed E-state index contributed by atoms with van der Waals surface area (Å²) in [5.74, 6) is 0. The molecule has 3 rings (SSSR count). The van der Waals surface area contributed by atoms with Crippen LogP contribution < -0.4 is 5.43 Å². The molecule has 1 N–H and O–H groups in total. The van der Waals surface area contributed by atoms with E-state index in [-0.39, 0.29) is 18.9 Å². The highest BCUT2D eigenvalue weighted by molar-refractivity contribution is 6.33. The van der Waals surface area contributed by atoms with Gasteiger partial charge >= 0.3 is 12.3 Å². The van der Waals surface area contributed by atoms with Crippen LogP contribution in [0.5, 0.6) is 0 Å². The van der Waals surface area contributed by atoms with Crippen molar-refractivity contribution in [1.82, 2.24) is 9.99 Å². The number of rotatable bonds is 6. The van der Waals surface area contributed by atoms with Gasteiger partial charge < -0.3 is 9.57 Å². The molecular weight excluding hydrogens is 413 g/mol. The van der Waals surface area contributed by atoms with E-state index in [2.05, 4.69) is 15.6 Å². The zero-order valence-electron chi connectivity index (χ0n) is 15.2. The molecule has 1 saturated heterocycles. The van der Waals surface area contributed by atoms with Crippen molar-refractivity contribution in [2.24, 2.45) is 5.16 Å². The molecule has 0 saturated carbocycles. The zero-order chi connectivity index (χ0) is 21.0. The van der Waals surface area contributed by atoms with Crippen molar-refractivity contribution in [3.05, 3.63) is 58.4 Å². The number of pyridine rings is 1. The van der Waals surface area contributed by atoms with Gasteiger partial charge in [0.25, 0.3) is 0 Å². The van der Waals surface area contributed by atoms with Gasteiger partial charge in [-0.2, -0.15) is 13.2 Å². The molecule has 0 atom stereocenters. The molecule has 154 valence electrons. The maximum atomic E-state index is 12.7. The molecule has 1 aromatic heterocycles. The number of nitrogens with one attached hydrogen (secondary N) is 1. The Morgan fingerprint density at radius 1 is 1.38 bits per heavy atom. The number of halogens is 4. The Morgan fingerprint density at radius 2 is 2.17 bits per heavy atom. The first kappa shape index (κ1) is 20.7. The molecule has 29 heavy (non-hydrogen) atoms. The lowest BCUT2D eigenvalue weighted by molar-refractivity contribution is -0.141. The number of amides is 1. The van der Waals surface area contributed by atoms with Crippen molar-refractivity contribution in [2.75, 3.05) is 18.6 Å². The number of hydrogen-bond acceptors (Lipinski definition) is 6. The maximum Gasteiger partial charge on any atom is 0.433 e. The third-order valence-corrected chi connectivity index (χ3v) is 4.24. The number of cyclic esters (lactones) is 1. The molecule has 1 fully saturated rings. The van der Waals surface area contributed by atoms with Crippen molar-refractivity contribution in [1.29, 1.82) is 0 Å². The topological polar surface area (TPSA) is 76.1 Å². The van der Waals surface area contributed by atoms with Crippen molar-refractivity contribution >= 4 is 29.1 Å². The van der Waals surface area contributed by atoms with Gasteiger partial charge in [-0.1, -0.05) is 28.9 Å². The smallest absolute Gasteiger partial charge is 0.433 e. The molecule has 1 aliphatic heterocycles. The van der Waals surface area contributed by atoms with E-state index < -0.39 is 18.0 Å². The largest absolute Gasteiger partial charge is 0.446 e. The van der Waals surface area contributed by atoms with E-state index in [0.717, 1.165) is 6.07 Å². The van der Waals surface area contributed by atoms with Gasteiger partial charge in [0.1, 0.15) is 12.3 Å². The first-order valence-electron chi connectivity index (χ1n) is 8.44. The third-order valence-electron chi connectivity index (χ3n) is 3.91. The Labute approximate surface area is 169 Å². The van der Waals surface area contributed by atoms with E-state index >= 15 is 0 Å². The van der Waals surface area contributed by atoms with Crippen LogP contribution in [0, 0.1) is 0 Å². The highest BCUT2D eigenvalue weighted by Gasteiger charge is 2.32. The van der Waals surface area contributed by atoms with Crippen LogP contribution in [0.15, 0.2) is 41.6 Å². The van der Waals surface area contributed by atoms with Gasteiger partial charge in [-0.05, 0) is 31.2 Å². The number of hydrogen-bond donors (Lipinski definition) is 1. The van der Waals surface area contributed by atoms with Crippen LogP contribution in [-0.4, -0.2) is 34.9 Å². The normalized spacial score (nSPS) is 14.7. The molecule has 0 spiro atoms. The molecule has 1 aliphatic rings. The molecule has 0 unspecified atom stereocenters. The molecule has 11 heteroatoms. The second-order valence-electron chi connectivity index (χ2n) is 6.03. The zero-order valence-corrected chi connectivity index (χ0v) is 15.9. The summed E-state index contributed by atoms with van der Waals surface area (Å²) in [4.78, 5) is 20.2. The second kappa shape index (κ2) is 8.56. The summed E-state index contributed by atoms with van der Waals surface area (Å²) in [7, 11) is 0. The monoisotopic (exact) mass is 428 g/mol. The van der Waals surface area contributed by atoms with E-state index in [1.165, 1.54) is 17.1 Å². The van der Waals surface area contributed by atoms with Gasteiger partial charge in [-0.25, -0.2) is 14.8 Å². The second-order valence-corrected chi connectivity index (χ2v) is 6.44. The summed E-state index contributed by atoms with van der Waals surface area (Å²) < 4.78 is 42.9. The van der Waals surface area contributed by atoms with E-state index in [1.54, 1.807) is 25.1 Å². The Bertz CT molecular complexity index is 937. The Balaban J connectivity index is 1.67. The number of aromatic nitrogens is 1. The molecule has 2 heterocycles. The lowest BCUT2D eigenvalue weighted by Gasteiger charge is -2.17. The van der Waals surface area contributed by atoms with Gasteiger partial charge in [-0.15, -0.1) is 0 Å². The fourth-order valence-electron chi connectivity index (χ4n) is 2.44. The number of oxime groups is 1. The quantitative estimate of drug-likeness (QED) is 0.542. The average molecular weight is 429 g/mol. The number of carbonyl (C=O) groups is 1. The van der Waals surface area contributed by atoms with Crippen molar-refractivity contribution in [3.8, 4) is 0 Å². The lowest BCUT2D eigenvalue weighted by atomic mass is 10.1. The van der Waals surface area contributed by atoms with E-state index in [1.807, 2.05) is 0 Å². The van der Waals surface area contributed by atoms with Gasteiger partial charge in [0.15, 0.2) is 6.61 Å². The molecule has 0 radical (unpaired) electrons. The lowest BCUT2D eigenvalue weighted by Crippen LogP contribution is -2.30. The standard InChI is InChI=1S/C18H16ClF3N4O3/c1-11(25-29-10-13-3-2-4-16(23-13)18(20,21)22)12-5-6-14(19)15(9-12)24-26-7-8-28-17(26)27/h2-6,9,24H,7-8,10H2,1H3/b25-11+. The average Bonchev–Trinajstić information content (AvgIpc) is 3.07. The number of anilines is 1. The molecule has 7 nitrogen and oxygen atoms in total. The molecule has 2 aromatic rings. The van der Waals surface area contributed by atoms with Crippen LogP contribution in [0.2, 0.25) is 5.02 Å². The molecule has 0 aliphatic carbocycles. The van der Waals surface area contributed by atoms with Crippen LogP contribution in [0.25, 0.3) is 0 Å². The minimum atomic E-state index is -4.52. The minimum Gasteiger partial charge on any atom is -0.446 e. The summed E-state index contributed by atoms with van der Waals surface area (Å²) in [5.41, 5.74) is 3.55. The van der Waals surface area contributed by atoms with E-state index in [9.17, 15) is 18.0 Å². The van der Waals surface area contributed by atoms with Crippen LogP contribution in [-0.2, 0) is 22.4 Å². The third kappa shape index (κ3) is 5.29. The fourth-order valence-corrected chi connectivity index (χ4v) is 2.60. The van der Waals surface area contributed by atoms with Crippen LogP contribution in [0.3, 0.4) is 0 Å². The maximum absolute atomic E-state index is 12.7. The molecule has 1 aromatic carbocycles. The van der Waals surface area contributed by atoms with Crippen molar-refractivity contribution < 1.29 is 27.5 Å². The van der Waals surface area contributed by atoms with Crippen molar-refractivity contribution in [3.63, 3.8) is 0 Å². The number of nitrogens with zero attached hydrogens (tertiary/aromatic N) is 3. The summed E-state index contributed by atoms with van der Waals surface area (Å²) in [6, 6.07) is 8.54. The first-order chi connectivity index (χ1) is 13.7. The van der Waals surface area contributed by atoms with Gasteiger partial charge in [0, 0.05) is 5.56 Å². The number of alkyl halides is 3. The first-order valence-corrected chi connectivity index (χ1v) is 8.82. The van der Waals surface area contributed by atoms with Crippen molar-refractivity contribution in [2.45, 2.75) is 19.7 Å². The van der Waals surface area contributed by atoms with Crippen LogP contribution >= 0.6 is 11.6 Å². The SMILES string of the molecule is C/C(=N\OCc1cccc(C(F)(F)F)n1)c1ccc(Cl)c(NN2CCOC2=O)c1. The minimum absolute atomic E-state index is 0.0994. The van der Waals surface area contributed by atoms with Gasteiger partial charge in [-0.3, -0.25) is 5.43 Å². The Hall–Kier alpha value is -3.01. The number of hydrazine groups is 1. The Kier molecular flexibility index (Phi) is 6.12. The highest BCUT2D eigenvalue weighted by Crippen LogP contribution is 2.27. The molecule has 1 amide bonds. The predicted octanol–water partition coefficient (Wildman–Crippen LogP) is 4.47. The predicted molar refractivity (Wildman–Crippen MR) is 99.4 cm³/mol. The summed E-state index contributed by atoms with van der Waals surface area (Å²) in [6.07, 6.45) is -5.03. The number of benzene rings is 1. The van der Waals surface area contributed by atoms with Crippen LogP contribution in [0.4, 0.5) is 23.7 Å². The number of ether oxygens (including phenoxy) is 1. The summed E-state index contributed by atoms with van der Waals surface area (Å²) in [5, 5.41) is 5.59. The van der Waals surface area contributed by atoms with E-state index in [4.69, 9.17) is 21.2 Å². The number of carbonyl (C=O) groups excluding carboxylic acids is 1. The molecular formula is C18H16ClF3N4O3. The summed E-state index contributed by atoms with van der Waals surface area (Å²) >= 11 is 6.15. The fraction of sp³-hybridized carbons (Fsp3) is 0.278. The van der Waals surface area contributed by atoms with Gasteiger partial charge in [0.05, 0.1) is 28.7 Å².